The molecular formula is C15H19NO2S. The van der Waals surface area contributed by atoms with E-state index < -0.39 is 9.84 Å². The van der Waals surface area contributed by atoms with Crippen LogP contribution in [0.3, 0.4) is 0 Å². The van der Waals surface area contributed by atoms with E-state index in [0.29, 0.717) is 6.42 Å². The molecule has 0 bridgehead atoms. The highest BCUT2D eigenvalue weighted by molar-refractivity contribution is 7.94. The van der Waals surface area contributed by atoms with Gasteiger partial charge in [0.05, 0.1) is 5.25 Å². The molecule has 1 unspecified atom stereocenters. The maximum absolute atomic E-state index is 12.4. The average Bonchev–Trinajstić information content (AvgIpc) is 2.76. The molecule has 19 heavy (non-hydrogen) atoms. The van der Waals surface area contributed by atoms with E-state index in [4.69, 9.17) is 0 Å². The minimum atomic E-state index is -3.24. The van der Waals surface area contributed by atoms with Crippen LogP contribution in [0.1, 0.15) is 24.0 Å². The largest absolute Gasteiger partial charge is 0.317 e. The van der Waals surface area contributed by atoms with E-state index in [-0.39, 0.29) is 10.7 Å². The molecule has 1 aliphatic heterocycles. The van der Waals surface area contributed by atoms with E-state index >= 15 is 0 Å². The van der Waals surface area contributed by atoms with Crippen molar-refractivity contribution in [2.75, 3.05) is 13.1 Å². The van der Waals surface area contributed by atoms with Gasteiger partial charge in [0, 0.05) is 10.8 Å². The second kappa shape index (κ2) is 4.46. The van der Waals surface area contributed by atoms with Crippen LogP contribution in [0.4, 0.5) is 0 Å². The van der Waals surface area contributed by atoms with E-state index in [9.17, 15) is 8.42 Å². The van der Waals surface area contributed by atoms with Gasteiger partial charge in [-0.2, -0.15) is 0 Å². The molecule has 1 aromatic carbocycles. The lowest BCUT2D eigenvalue weighted by Crippen LogP contribution is -2.48. The van der Waals surface area contributed by atoms with Gasteiger partial charge in [-0.25, -0.2) is 8.42 Å². The Labute approximate surface area is 114 Å². The fourth-order valence-corrected chi connectivity index (χ4v) is 5.40. The van der Waals surface area contributed by atoms with Gasteiger partial charge >= 0.3 is 0 Å². The second-order valence-electron chi connectivity index (χ2n) is 5.51. The molecule has 102 valence electrons. The Morgan fingerprint density at radius 1 is 1.26 bits per heavy atom. The fraction of sp³-hybridized carbons (Fsp3) is 0.467. The van der Waals surface area contributed by atoms with Gasteiger partial charge in [0.1, 0.15) is 0 Å². The molecule has 1 heterocycles. The molecule has 1 spiro atoms. The van der Waals surface area contributed by atoms with Crippen molar-refractivity contribution in [3.8, 4) is 0 Å². The summed E-state index contributed by atoms with van der Waals surface area (Å²) in [4.78, 5) is 0. The molecule has 0 aromatic heterocycles. The van der Waals surface area contributed by atoms with Gasteiger partial charge in [-0.15, -0.1) is 0 Å². The summed E-state index contributed by atoms with van der Waals surface area (Å²) in [6, 6.07) is 8.19. The van der Waals surface area contributed by atoms with Gasteiger partial charge in [0.2, 0.25) is 0 Å². The highest BCUT2D eigenvalue weighted by Gasteiger charge is 2.51. The maximum Gasteiger partial charge on any atom is 0.175 e. The van der Waals surface area contributed by atoms with Crippen molar-refractivity contribution in [2.24, 2.45) is 0 Å². The van der Waals surface area contributed by atoms with E-state index in [1.165, 1.54) is 11.1 Å². The third-order valence-electron chi connectivity index (χ3n) is 4.70. The summed E-state index contributed by atoms with van der Waals surface area (Å²) in [5.41, 5.74) is 2.22. The number of fused-ring (bicyclic) bond motifs is 2. The van der Waals surface area contributed by atoms with Crippen LogP contribution in [-0.2, 0) is 21.7 Å². The predicted octanol–water partition coefficient (Wildman–Crippen LogP) is 1.79. The smallest absolute Gasteiger partial charge is 0.175 e. The predicted molar refractivity (Wildman–Crippen MR) is 76.8 cm³/mol. The van der Waals surface area contributed by atoms with E-state index in [2.05, 4.69) is 24.0 Å². The van der Waals surface area contributed by atoms with Gasteiger partial charge < -0.3 is 5.32 Å². The van der Waals surface area contributed by atoms with Crippen LogP contribution in [0, 0.1) is 0 Å². The van der Waals surface area contributed by atoms with Crippen molar-refractivity contribution in [3.05, 3.63) is 47.4 Å². The number of rotatable bonds is 2. The number of benzene rings is 1. The van der Waals surface area contributed by atoms with Crippen molar-refractivity contribution in [1.82, 2.24) is 5.32 Å². The Bertz CT molecular complexity index is 600. The van der Waals surface area contributed by atoms with Crippen LogP contribution < -0.4 is 5.32 Å². The first-order chi connectivity index (χ1) is 9.10. The summed E-state index contributed by atoms with van der Waals surface area (Å²) in [5, 5.41) is 4.15. The topological polar surface area (TPSA) is 46.2 Å². The van der Waals surface area contributed by atoms with Gasteiger partial charge in [-0.05, 0) is 43.5 Å². The third-order valence-corrected chi connectivity index (χ3v) is 6.58. The van der Waals surface area contributed by atoms with Crippen LogP contribution in [-0.4, -0.2) is 26.8 Å². The quantitative estimate of drug-likeness (QED) is 0.896. The lowest BCUT2D eigenvalue weighted by molar-refractivity contribution is 0.308. The molecule has 1 fully saturated rings. The van der Waals surface area contributed by atoms with Crippen molar-refractivity contribution in [3.63, 3.8) is 0 Å². The first-order valence-electron chi connectivity index (χ1n) is 6.76. The van der Waals surface area contributed by atoms with Crippen LogP contribution >= 0.6 is 0 Å². The molecule has 1 N–H and O–H groups in total. The number of piperidine rings is 1. The Hall–Kier alpha value is -1.13. The van der Waals surface area contributed by atoms with Gasteiger partial charge in [-0.3, -0.25) is 0 Å². The van der Waals surface area contributed by atoms with Crippen molar-refractivity contribution in [2.45, 2.75) is 29.9 Å². The molecule has 3 rings (SSSR count). The molecule has 0 saturated carbocycles. The van der Waals surface area contributed by atoms with Gasteiger partial charge in [0.25, 0.3) is 0 Å². The number of hydrogen-bond donors (Lipinski definition) is 1. The second-order valence-corrected chi connectivity index (χ2v) is 7.59. The summed E-state index contributed by atoms with van der Waals surface area (Å²) in [7, 11) is -3.24. The zero-order chi connectivity index (χ0) is 13.5. The molecule has 4 heteroatoms. The molecule has 1 aliphatic carbocycles. The summed E-state index contributed by atoms with van der Waals surface area (Å²) < 4.78 is 24.8. The van der Waals surface area contributed by atoms with Crippen molar-refractivity contribution < 1.29 is 8.42 Å². The maximum atomic E-state index is 12.4. The zero-order valence-corrected chi connectivity index (χ0v) is 11.7. The number of hydrogen-bond acceptors (Lipinski definition) is 3. The Kier molecular flexibility index (Phi) is 3.02. The molecule has 1 saturated heterocycles. The van der Waals surface area contributed by atoms with E-state index in [0.717, 1.165) is 31.3 Å². The monoisotopic (exact) mass is 277 g/mol. The van der Waals surface area contributed by atoms with Crippen molar-refractivity contribution >= 4 is 9.84 Å². The first-order valence-corrected chi connectivity index (χ1v) is 8.36. The highest BCUT2D eigenvalue weighted by atomic mass is 32.2. The summed E-state index contributed by atoms with van der Waals surface area (Å²) in [5.74, 6) is 0. The first kappa shape index (κ1) is 12.9. The molecule has 1 aromatic rings. The van der Waals surface area contributed by atoms with Crippen LogP contribution in [0.2, 0.25) is 0 Å². The SMILES string of the molecule is C=CS(=O)(=O)C1Cc2ccccc2C12CCNCC2. The fourth-order valence-electron chi connectivity index (χ4n) is 3.76. The zero-order valence-electron chi connectivity index (χ0n) is 10.9. The molecule has 0 radical (unpaired) electrons. The van der Waals surface area contributed by atoms with Gasteiger partial charge in [0.15, 0.2) is 9.84 Å². The van der Waals surface area contributed by atoms with Crippen molar-refractivity contribution in [1.29, 1.82) is 0 Å². The molecule has 2 aliphatic rings. The molecular weight excluding hydrogens is 258 g/mol. The number of sulfone groups is 1. The standard InChI is InChI=1S/C15H19NO2S/c1-2-19(17,18)14-11-12-5-3-4-6-13(12)15(14)7-9-16-10-8-15/h2-6,14,16H,1,7-11H2. The highest BCUT2D eigenvalue weighted by Crippen LogP contribution is 2.48. The minimum Gasteiger partial charge on any atom is -0.317 e. The summed E-state index contributed by atoms with van der Waals surface area (Å²) in [6.45, 7) is 5.29. The number of nitrogens with one attached hydrogen (secondary N) is 1. The third kappa shape index (κ3) is 1.85. The minimum absolute atomic E-state index is 0.213. The van der Waals surface area contributed by atoms with Crippen LogP contribution in [0.15, 0.2) is 36.3 Å². The molecule has 0 amide bonds. The van der Waals surface area contributed by atoms with Crippen LogP contribution in [0.25, 0.3) is 0 Å². The Balaban J connectivity index is 2.16. The molecule has 1 atom stereocenters. The van der Waals surface area contributed by atoms with E-state index in [1.807, 2.05) is 12.1 Å². The Morgan fingerprint density at radius 3 is 2.63 bits per heavy atom. The van der Waals surface area contributed by atoms with Crippen LogP contribution in [0.5, 0.6) is 0 Å². The Morgan fingerprint density at radius 2 is 1.95 bits per heavy atom. The normalized spacial score (nSPS) is 25.2. The average molecular weight is 277 g/mol. The molecule has 3 nitrogen and oxygen atoms in total. The van der Waals surface area contributed by atoms with E-state index in [1.54, 1.807) is 0 Å². The lowest BCUT2D eigenvalue weighted by Gasteiger charge is -2.39. The summed E-state index contributed by atoms with van der Waals surface area (Å²) in [6.07, 6.45) is 2.41. The summed E-state index contributed by atoms with van der Waals surface area (Å²) >= 11 is 0. The lowest BCUT2D eigenvalue weighted by atomic mass is 9.74. The van der Waals surface area contributed by atoms with Gasteiger partial charge in [-0.1, -0.05) is 30.8 Å².